The fourth-order valence-corrected chi connectivity index (χ4v) is 2.03. The number of thioether (sulfide) groups is 1. The van der Waals surface area contributed by atoms with Gasteiger partial charge in [-0.05, 0) is 23.8 Å². The van der Waals surface area contributed by atoms with E-state index in [1.807, 2.05) is 43.3 Å². The minimum atomic E-state index is -0.315. The second-order valence-corrected chi connectivity index (χ2v) is 4.80. The minimum absolute atomic E-state index is 0.231. The summed E-state index contributed by atoms with van der Waals surface area (Å²) in [5.74, 6) is 0. The normalized spacial score (nSPS) is 17.4. The molecule has 0 unspecified atom stereocenters. The molecule has 17 heavy (non-hydrogen) atoms. The topological polar surface area (TPSA) is 49.4 Å². The lowest BCUT2D eigenvalue weighted by Gasteiger charge is -2.12. The number of nitrogens with one attached hydrogen (secondary N) is 1. The van der Waals surface area contributed by atoms with Gasteiger partial charge < -0.3 is 10.2 Å². The second-order valence-electron chi connectivity index (χ2n) is 3.85. The first-order valence-electron chi connectivity index (χ1n) is 5.08. The van der Waals surface area contributed by atoms with Crippen LogP contribution in [0.25, 0.3) is 6.08 Å². The van der Waals surface area contributed by atoms with Crippen LogP contribution < -0.4 is 10.2 Å². The molecule has 4 nitrogen and oxygen atoms in total. The molecule has 1 fully saturated rings. The van der Waals surface area contributed by atoms with Gasteiger partial charge in [0.15, 0.2) is 0 Å². The first-order chi connectivity index (χ1) is 8.06. The van der Waals surface area contributed by atoms with Crippen LogP contribution in [-0.2, 0) is 4.79 Å². The van der Waals surface area contributed by atoms with Crippen molar-refractivity contribution >= 4 is 33.9 Å². The number of amides is 1. The van der Waals surface area contributed by atoms with Gasteiger partial charge >= 0.3 is 0 Å². The molecule has 0 radical (unpaired) electrons. The number of carbonyl (C=O) groups excluding carboxylic acids is 2. The van der Waals surface area contributed by atoms with E-state index in [-0.39, 0.29) is 10.4 Å². The average Bonchev–Trinajstić information content (AvgIpc) is 2.58. The van der Waals surface area contributed by atoms with Gasteiger partial charge in [-0.25, -0.2) is 0 Å². The van der Waals surface area contributed by atoms with Crippen LogP contribution in [-0.4, -0.2) is 24.4 Å². The van der Waals surface area contributed by atoms with Gasteiger partial charge in [0.2, 0.25) is 5.12 Å². The summed E-state index contributed by atoms with van der Waals surface area (Å²) < 4.78 is 0. The average molecular weight is 248 g/mol. The molecule has 1 heterocycles. The van der Waals surface area contributed by atoms with Gasteiger partial charge in [-0.2, -0.15) is 0 Å². The highest BCUT2D eigenvalue weighted by Gasteiger charge is 2.25. The van der Waals surface area contributed by atoms with Crippen LogP contribution >= 0.6 is 11.8 Å². The number of rotatable bonds is 2. The lowest BCUT2D eigenvalue weighted by atomic mass is 10.1. The van der Waals surface area contributed by atoms with Gasteiger partial charge in [0.05, 0.1) is 5.70 Å². The molecule has 2 rings (SSSR count). The maximum Gasteiger partial charge on any atom is 0.291 e. The van der Waals surface area contributed by atoms with Gasteiger partial charge in [-0.15, -0.1) is 0 Å². The molecule has 88 valence electrons. The van der Waals surface area contributed by atoms with Crippen molar-refractivity contribution in [2.24, 2.45) is 0 Å². The Balaban J connectivity index is 2.29. The van der Waals surface area contributed by atoms with E-state index >= 15 is 0 Å². The van der Waals surface area contributed by atoms with Crippen molar-refractivity contribution in [1.29, 1.82) is 0 Å². The quantitative estimate of drug-likeness (QED) is 0.814. The van der Waals surface area contributed by atoms with E-state index in [1.54, 1.807) is 6.08 Å². The van der Waals surface area contributed by atoms with Gasteiger partial charge in [-0.1, -0.05) is 12.1 Å². The Morgan fingerprint density at radius 2 is 2.06 bits per heavy atom. The second kappa shape index (κ2) is 4.63. The molecular formula is C12H12N2O2S. The van der Waals surface area contributed by atoms with Crippen molar-refractivity contribution in [2.75, 3.05) is 19.0 Å². The monoisotopic (exact) mass is 248 g/mol. The summed E-state index contributed by atoms with van der Waals surface area (Å²) in [5, 5.41) is 1.98. The predicted molar refractivity (Wildman–Crippen MR) is 69.9 cm³/mol. The van der Waals surface area contributed by atoms with Crippen molar-refractivity contribution < 1.29 is 9.59 Å². The molecule has 1 aliphatic heterocycles. The Kier molecular flexibility index (Phi) is 3.19. The van der Waals surface area contributed by atoms with E-state index in [4.69, 9.17) is 0 Å². The Bertz CT molecular complexity index is 509. The van der Waals surface area contributed by atoms with Crippen LogP contribution in [0.5, 0.6) is 0 Å². The lowest BCUT2D eigenvalue weighted by molar-refractivity contribution is -0.107. The molecule has 1 aromatic rings. The third kappa shape index (κ3) is 2.68. The van der Waals surface area contributed by atoms with Crippen molar-refractivity contribution in [3.63, 3.8) is 0 Å². The largest absolute Gasteiger partial charge is 0.378 e. The standard InChI is InChI=1S/C12H12N2O2S/c1-14(2)9-5-3-4-8(6-9)7-10-11(15)17-12(16)13-10/h3-7H,1-2H3,(H,13,16). The smallest absolute Gasteiger partial charge is 0.291 e. The number of carbonyl (C=O) groups is 2. The maximum absolute atomic E-state index is 11.4. The zero-order chi connectivity index (χ0) is 12.4. The van der Waals surface area contributed by atoms with E-state index in [0.29, 0.717) is 17.5 Å². The molecular weight excluding hydrogens is 236 g/mol. The van der Waals surface area contributed by atoms with Gasteiger partial charge in [-0.3, -0.25) is 9.59 Å². The predicted octanol–water partition coefficient (Wildman–Crippen LogP) is 2.08. The fraction of sp³-hybridized carbons (Fsp3) is 0.167. The molecule has 1 N–H and O–H groups in total. The van der Waals surface area contributed by atoms with Gasteiger partial charge in [0, 0.05) is 31.5 Å². The van der Waals surface area contributed by atoms with Crippen LogP contribution in [0.3, 0.4) is 0 Å². The summed E-state index contributed by atoms with van der Waals surface area (Å²) in [6.45, 7) is 0. The fourth-order valence-electron chi connectivity index (χ4n) is 1.48. The lowest BCUT2D eigenvalue weighted by Crippen LogP contribution is -2.10. The number of anilines is 1. The summed E-state index contributed by atoms with van der Waals surface area (Å²) in [5.41, 5.74) is 2.28. The summed E-state index contributed by atoms with van der Waals surface area (Å²) >= 11 is 0.691. The number of hydrogen-bond acceptors (Lipinski definition) is 4. The minimum Gasteiger partial charge on any atom is -0.378 e. The molecule has 5 heteroatoms. The van der Waals surface area contributed by atoms with Crippen LogP contribution in [0.4, 0.5) is 10.5 Å². The van der Waals surface area contributed by atoms with E-state index in [0.717, 1.165) is 11.3 Å². The van der Waals surface area contributed by atoms with E-state index < -0.39 is 0 Å². The Hall–Kier alpha value is -1.75. The first kappa shape index (κ1) is 11.7. The molecule has 0 aromatic heterocycles. The third-order valence-electron chi connectivity index (χ3n) is 2.34. The Morgan fingerprint density at radius 3 is 2.65 bits per heavy atom. The third-order valence-corrected chi connectivity index (χ3v) is 3.03. The molecule has 1 aliphatic rings. The summed E-state index contributed by atoms with van der Waals surface area (Å²) in [7, 11) is 3.90. The number of hydrogen-bond donors (Lipinski definition) is 1. The molecule has 1 aromatic carbocycles. The van der Waals surface area contributed by atoms with Crippen LogP contribution in [0.15, 0.2) is 30.0 Å². The zero-order valence-electron chi connectivity index (χ0n) is 9.56. The molecule has 0 atom stereocenters. The number of nitrogens with zero attached hydrogens (tertiary/aromatic N) is 1. The highest BCUT2D eigenvalue weighted by atomic mass is 32.2. The SMILES string of the molecule is CN(C)c1cccc(C=C2NC(=O)SC2=O)c1. The van der Waals surface area contributed by atoms with E-state index in [9.17, 15) is 9.59 Å². The van der Waals surface area contributed by atoms with Crippen molar-refractivity contribution in [3.05, 3.63) is 35.5 Å². The molecule has 1 amide bonds. The first-order valence-corrected chi connectivity index (χ1v) is 5.90. The van der Waals surface area contributed by atoms with Crippen molar-refractivity contribution in [3.8, 4) is 0 Å². The van der Waals surface area contributed by atoms with Crippen LogP contribution in [0.2, 0.25) is 0 Å². The number of benzene rings is 1. The summed E-state index contributed by atoms with van der Waals surface area (Å²) in [4.78, 5) is 24.4. The van der Waals surface area contributed by atoms with Crippen LogP contribution in [0, 0.1) is 0 Å². The van der Waals surface area contributed by atoms with Crippen molar-refractivity contribution in [1.82, 2.24) is 5.32 Å². The Morgan fingerprint density at radius 1 is 1.29 bits per heavy atom. The molecule has 0 saturated carbocycles. The van der Waals surface area contributed by atoms with Crippen molar-refractivity contribution in [2.45, 2.75) is 0 Å². The molecule has 1 saturated heterocycles. The zero-order valence-corrected chi connectivity index (χ0v) is 10.4. The highest BCUT2D eigenvalue weighted by Crippen LogP contribution is 2.22. The van der Waals surface area contributed by atoms with Gasteiger partial charge in [0.25, 0.3) is 5.24 Å². The van der Waals surface area contributed by atoms with Gasteiger partial charge in [0.1, 0.15) is 0 Å². The Labute approximate surface area is 104 Å². The maximum atomic E-state index is 11.4. The summed E-state index contributed by atoms with van der Waals surface area (Å²) in [6.07, 6.45) is 1.69. The molecule has 0 bridgehead atoms. The molecule has 0 spiro atoms. The highest BCUT2D eigenvalue weighted by molar-refractivity contribution is 8.27. The van der Waals surface area contributed by atoms with E-state index in [1.165, 1.54) is 0 Å². The van der Waals surface area contributed by atoms with E-state index in [2.05, 4.69) is 5.32 Å². The molecule has 0 aliphatic carbocycles. The summed E-state index contributed by atoms with van der Waals surface area (Å²) in [6, 6.07) is 7.74. The van der Waals surface area contributed by atoms with Crippen LogP contribution in [0.1, 0.15) is 5.56 Å².